The second-order valence-corrected chi connectivity index (χ2v) is 7.56. The van der Waals surface area contributed by atoms with Crippen molar-refractivity contribution >= 4 is 32.8 Å². The fraction of sp³-hybridized carbons (Fsp3) is 0.0400. The highest BCUT2D eigenvalue weighted by Crippen LogP contribution is 2.50. The number of ether oxygens (including phenoxy) is 1. The molecule has 130 valence electrons. The fourth-order valence-corrected chi connectivity index (χ4v) is 4.63. The first-order valence-electron chi connectivity index (χ1n) is 8.98. The van der Waals surface area contributed by atoms with E-state index in [1.165, 1.54) is 10.8 Å². The van der Waals surface area contributed by atoms with Crippen molar-refractivity contribution < 1.29 is 4.74 Å². The molecule has 2 heteroatoms. The Morgan fingerprint density at radius 2 is 1.22 bits per heavy atom. The highest BCUT2D eigenvalue weighted by Gasteiger charge is 2.42. The first-order valence-corrected chi connectivity index (χ1v) is 9.78. The van der Waals surface area contributed by atoms with E-state index in [-0.39, 0.29) is 0 Å². The van der Waals surface area contributed by atoms with Crippen molar-refractivity contribution in [1.82, 2.24) is 0 Å². The van der Waals surface area contributed by atoms with Crippen molar-refractivity contribution in [3.63, 3.8) is 0 Å². The van der Waals surface area contributed by atoms with Crippen LogP contribution in [0, 0.1) is 0 Å². The summed E-state index contributed by atoms with van der Waals surface area (Å²) in [5.74, 6) is 0.893. The first-order chi connectivity index (χ1) is 13.3. The van der Waals surface area contributed by atoms with Crippen molar-refractivity contribution in [2.75, 3.05) is 0 Å². The maximum absolute atomic E-state index is 6.80. The van der Waals surface area contributed by atoms with Crippen LogP contribution in [0.3, 0.4) is 0 Å². The normalized spacial score (nSPS) is 14.9. The van der Waals surface area contributed by atoms with Gasteiger partial charge in [-0.25, -0.2) is 0 Å². The van der Waals surface area contributed by atoms with Gasteiger partial charge in [0.25, 0.3) is 0 Å². The average molecular weight is 413 g/mol. The number of hydrogen-bond donors (Lipinski definition) is 0. The zero-order valence-electron chi connectivity index (χ0n) is 14.6. The van der Waals surface area contributed by atoms with Crippen molar-refractivity contribution in [3.8, 4) is 5.75 Å². The number of benzene rings is 4. The summed E-state index contributed by atoms with van der Waals surface area (Å²) in [7, 11) is 0. The van der Waals surface area contributed by atoms with Gasteiger partial charge in [0.1, 0.15) is 5.75 Å². The van der Waals surface area contributed by atoms with Crippen molar-refractivity contribution in [3.05, 3.63) is 118 Å². The molecule has 0 bridgehead atoms. The molecular formula is C25H17BrO. The molecule has 0 atom stereocenters. The van der Waals surface area contributed by atoms with Gasteiger partial charge in [-0.15, -0.1) is 0 Å². The van der Waals surface area contributed by atoms with Gasteiger partial charge in [-0.05, 0) is 22.9 Å². The number of hydrogen-bond acceptors (Lipinski definition) is 1. The SMILES string of the molecule is BrC1=Cc2c(ccc3ccccc23)OC1(c1ccccc1)c1ccccc1. The lowest BCUT2D eigenvalue weighted by atomic mass is 9.83. The van der Waals surface area contributed by atoms with Gasteiger partial charge >= 0.3 is 0 Å². The van der Waals surface area contributed by atoms with Crippen LogP contribution in [0.4, 0.5) is 0 Å². The van der Waals surface area contributed by atoms with Crippen molar-refractivity contribution in [2.24, 2.45) is 0 Å². The number of fused-ring (bicyclic) bond motifs is 3. The molecule has 0 aliphatic carbocycles. The zero-order chi connectivity index (χ0) is 18.3. The van der Waals surface area contributed by atoms with E-state index in [0.717, 1.165) is 26.9 Å². The van der Waals surface area contributed by atoms with E-state index in [9.17, 15) is 0 Å². The summed E-state index contributed by atoms with van der Waals surface area (Å²) in [5, 5.41) is 2.41. The third-order valence-corrected chi connectivity index (χ3v) is 5.95. The fourth-order valence-electron chi connectivity index (χ4n) is 3.86. The van der Waals surface area contributed by atoms with Crippen LogP contribution in [-0.2, 0) is 5.60 Å². The molecule has 1 heterocycles. The highest BCUT2D eigenvalue weighted by molar-refractivity contribution is 9.11. The van der Waals surface area contributed by atoms with Gasteiger partial charge in [0, 0.05) is 21.2 Å². The molecule has 0 unspecified atom stereocenters. The standard InChI is InChI=1S/C25H17BrO/c26-24-17-22-21-14-8-7-9-18(21)15-16-23(22)27-25(24,19-10-3-1-4-11-19)20-12-5-2-6-13-20/h1-17H. The Morgan fingerprint density at radius 3 is 1.89 bits per heavy atom. The summed E-state index contributed by atoms with van der Waals surface area (Å²) in [6, 6.07) is 33.4. The Morgan fingerprint density at radius 1 is 0.630 bits per heavy atom. The van der Waals surface area contributed by atoms with E-state index < -0.39 is 5.60 Å². The van der Waals surface area contributed by atoms with Gasteiger partial charge in [0.15, 0.2) is 5.60 Å². The van der Waals surface area contributed by atoms with E-state index in [1.54, 1.807) is 0 Å². The molecule has 0 amide bonds. The minimum atomic E-state index is -0.696. The van der Waals surface area contributed by atoms with E-state index >= 15 is 0 Å². The van der Waals surface area contributed by atoms with Gasteiger partial charge in [-0.1, -0.05) is 107 Å². The maximum Gasteiger partial charge on any atom is 0.191 e. The van der Waals surface area contributed by atoms with Gasteiger partial charge in [0.2, 0.25) is 0 Å². The summed E-state index contributed by atoms with van der Waals surface area (Å²) in [5.41, 5.74) is 2.61. The Hall–Kier alpha value is -2.84. The Balaban J connectivity index is 1.80. The monoisotopic (exact) mass is 412 g/mol. The molecule has 4 aromatic carbocycles. The highest BCUT2D eigenvalue weighted by atomic mass is 79.9. The molecule has 1 aliphatic rings. The minimum absolute atomic E-state index is 0.696. The van der Waals surface area contributed by atoms with Gasteiger partial charge in [-0.3, -0.25) is 0 Å². The molecule has 5 rings (SSSR count). The van der Waals surface area contributed by atoms with Gasteiger partial charge in [-0.2, -0.15) is 0 Å². The summed E-state index contributed by atoms with van der Waals surface area (Å²) < 4.78 is 7.79. The smallest absolute Gasteiger partial charge is 0.191 e. The lowest BCUT2D eigenvalue weighted by Crippen LogP contribution is -2.37. The van der Waals surface area contributed by atoms with Crippen LogP contribution in [0.1, 0.15) is 16.7 Å². The zero-order valence-corrected chi connectivity index (χ0v) is 16.2. The minimum Gasteiger partial charge on any atom is -0.472 e. The predicted octanol–water partition coefficient (Wildman–Crippen LogP) is 6.91. The van der Waals surface area contributed by atoms with Crippen molar-refractivity contribution in [2.45, 2.75) is 5.60 Å². The quantitative estimate of drug-likeness (QED) is 0.347. The molecule has 0 spiro atoms. The lowest BCUT2D eigenvalue weighted by Gasteiger charge is -2.39. The van der Waals surface area contributed by atoms with Crippen molar-refractivity contribution in [1.29, 1.82) is 0 Å². The summed E-state index contributed by atoms with van der Waals surface area (Å²) in [6.07, 6.45) is 2.21. The van der Waals surface area contributed by atoms with E-state index in [4.69, 9.17) is 4.74 Å². The van der Waals surface area contributed by atoms with Gasteiger partial charge in [0.05, 0.1) is 0 Å². The van der Waals surface area contributed by atoms with Crippen LogP contribution >= 0.6 is 15.9 Å². The molecule has 0 radical (unpaired) electrons. The number of halogens is 1. The first kappa shape index (κ1) is 16.3. The van der Waals surface area contributed by atoms with E-state index in [2.05, 4.69) is 107 Å². The predicted molar refractivity (Wildman–Crippen MR) is 115 cm³/mol. The van der Waals surface area contributed by atoms with Crippen LogP contribution in [0.2, 0.25) is 0 Å². The van der Waals surface area contributed by atoms with Crippen LogP contribution in [0.5, 0.6) is 5.75 Å². The molecule has 4 aromatic rings. The Kier molecular flexibility index (Phi) is 3.87. The molecule has 1 aliphatic heterocycles. The molecule has 0 saturated heterocycles. The van der Waals surface area contributed by atoms with Gasteiger partial charge < -0.3 is 4.74 Å². The second kappa shape index (κ2) is 6.40. The largest absolute Gasteiger partial charge is 0.472 e. The second-order valence-electron chi connectivity index (χ2n) is 6.71. The topological polar surface area (TPSA) is 9.23 Å². The number of rotatable bonds is 2. The van der Waals surface area contributed by atoms with Crippen LogP contribution in [0.15, 0.2) is 102 Å². The van der Waals surface area contributed by atoms with E-state index in [0.29, 0.717) is 0 Å². The lowest BCUT2D eigenvalue weighted by molar-refractivity contribution is 0.158. The third kappa shape index (κ3) is 2.52. The molecule has 0 saturated carbocycles. The molecule has 1 nitrogen and oxygen atoms in total. The molecule has 0 N–H and O–H groups in total. The molecular weight excluding hydrogens is 396 g/mol. The molecule has 27 heavy (non-hydrogen) atoms. The van der Waals surface area contributed by atoms with Crippen LogP contribution in [-0.4, -0.2) is 0 Å². The Bertz CT molecular complexity index is 1110. The van der Waals surface area contributed by atoms with Crippen LogP contribution in [0.25, 0.3) is 16.8 Å². The van der Waals surface area contributed by atoms with E-state index in [1.807, 2.05) is 12.1 Å². The summed E-state index contributed by atoms with van der Waals surface area (Å²) >= 11 is 3.88. The molecule has 0 aromatic heterocycles. The van der Waals surface area contributed by atoms with Crippen LogP contribution < -0.4 is 4.74 Å². The third-order valence-electron chi connectivity index (χ3n) is 5.16. The summed E-state index contributed by atoms with van der Waals surface area (Å²) in [6.45, 7) is 0. The Labute approximate surface area is 167 Å². The maximum atomic E-state index is 6.80. The molecule has 0 fully saturated rings. The average Bonchev–Trinajstić information content (AvgIpc) is 2.74. The summed E-state index contributed by atoms with van der Waals surface area (Å²) in [4.78, 5) is 0.